The van der Waals surface area contributed by atoms with Crippen molar-refractivity contribution in [3.63, 3.8) is 0 Å². The van der Waals surface area contributed by atoms with Crippen LogP contribution >= 0.6 is 15.9 Å². The number of fused-ring (bicyclic) bond motifs is 1. The quantitative estimate of drug-likeness (QED) is 0.890. The summed E-state index contributed by atoms with van der Waals surface area (Å²) in [5.74, 6) is 1.59. The molecule has 19 heavy (non-hydrogen) atoms. The zero-order valence-electron chi connectivity index (χ0n) is 12.3. The Bertz CT molecular complexity index is 465. The molecule has 2 atom stereocenters. The van der Waals surface area contributed by atoms with Gasteiger partial charge in [-0.05, 0) is 35.4 Å². The molecule has 2 N–H and O–H groups in total. The van der Waals surface area contributed by atoms with Gasteiger partial charge in [0.2, 0.25) is 0 Å². The summed E-state index contributed by atoms with van der Waals surface area (Å²) in [4.78, 5) is 0. The summed E-state index contributed by atoms with van der Waals surface area (Å²) < 4.78 is 6.87. The van der Waals surface area contributed by atoms with E-state index in [0.29, 0.717) is 5.92 Å². The number of nitrogens with two attached hydrogens (primary N) is 1. The van der Waals surface area contributed by atoms with Crippen LogP contribution < -0.4 is 10.5 Å². The number of rotatable bonds is 3. The van der Waals surface area contributed by atoms with Crippen LogP contribution in [0.2, 0.25) is 0 Å². The topological polar surface area (TPSA) is 35.2 Å². The first-order valence-electron chi connectivity index (χ1n) is 6.99. The van der Waals surface area contributed by atoms with Gasteiger partial charge in [0.15, 0.2) is 0 Å². The van der Waals surface area contributed by atoms with Gasteiger partial charge < -0.3 is 10.5 Å². The predicted molar refractivity (Wildman–Crippen MR) is 83.5 cm³/mol. The first-order chi connectivity index (χ1) is 8.79. The lowest BCUT2D eigenvalue weighted by atomic mass is 9.77. The van der Waals surface area contributed by atoms with Crippen molar-refractivity contribution in [3.05, 3.63) is 27.7 Å². The third kappa shape index (κ3) is 3.32. The van der Waals surface area contributed by atoms with Gasteiger partial charge in [-0.25, -0.2) is 0 Å². The molecule has 0 spiro atoms. The van der Waals surface area contributed by atoms with Crippen molar-refractivity contribution in [2.24, 2.45) is 17.1 Å². The van der Waals surface area contributed by atoms with Gasteiger partial charge in [-0.15, -0.1) is 0 Å². The molecule has 2 nitrogen and oxygen atoms in total. The molecule has 0 fully saturated rings. The molecule has 0 bridgehead atoms. The van der Waals surface area contributed by atoms with E-state index in [-0.39, 0.29) is 11.5 Å². The Kier molecular flexibility index (Phi) is 4.26. The summed E-state index contributed by atoms with van der Waals surface area (Å²) in [6.07, 6.45) is 1.97. The third-order valence-electron chi connectivity index (χ3n) is 4.26. The molecule has 2 rings (SSSR count). The standard InChI is InChI=1S/C16H24BrNO/c1-10(16(2,3)4)7-14(18)13-9-12(17)8-11-5-6-19-15(11)13/h8-10,14H,5-7,18H2,1-4H3. The summed E-state index contributed by atoms with van der Waals surface area (Å²) in [7, 11) is 0. The average molecular weight is 326 g/mol. The van der Waals surface area contributed by atoms with Crippen LogP contribution in [0.25, 0.3) is 0 Å². The van der Waals surface area contributed by atoms with Crippen molar-refractivity contribution in [1.29, 1.82) is 0 Å². The van der Waals surface area contributed by atoms with E-state index in [0.717, 1.165) is 35.2 Å². The minimum Gasteiger partial charge on any atom is -0.493 e. The highest BCUT2D eigenvalue weighted by molar-refractivity contribution is 9.10. The van der Waals surface area contributed by atoms with E-state index in [1.807, 2.05) is 0 Å². The van der Waals surface area contributed by atoms with Gasteiger partial charge in [0.25, 0.3) is 0 Å². The smallest absolute Gasteiger partial charge is 0.127 e. The van der Waals surface area contributed by atoms with E-state index in [1.54, 1.807) is 0 Å². The van der Waals surface area contributed by atoms with Crippen LogP contribution in [-0.2, 0) is 6.42 Å². The van der Waals surface area contributed by atoms with Gasteiger partial charge in [0, 0.05) is 22.5 Å². The van der Waals surface area contributed by atoms with Gasteiger partial charge in [-0.3, -0.25) is 0 Å². The normalized spacial score (nSPS) is 17.8. The van der Waals surface area contributed by atoms with Gasteiger partial charge in [-0.2, -0.15) is 0 Å². The number of ether oxygens (including phenoxy) is 1. The van der Waals surface area contributed by atoms with E-state index < -0.39 is 0 Å². The van der Waals surface area contributed by atoms with E-state index in [4.69, 9.17) is 10.5 Å². The van der Waals surface area contributed by atoms with Crippen LogP contribution in [0, 0.1) is 11.3 Å². The second-order valence-electron chi connectivity index (χ2n) is 6.69. The maximum Gasteiger partial charge on any atom is 0.127 e. The van der Waals surface area contributed by atoms with Crippen LogP contribution in [0.15, 0.2) is 16.6 Å². The van der Waals surface area contributed by atoms with E-state index in [9.17, 15) is 0 Å². The fourth-order valence-corrected chi connectivity index (χ4v) is 2.96. The van der Waals surface area contributed by atoms with Gasteiger partial charge in [-0.1, -0.05) is 43.6 Å². The number of hydrogen-bond acceptors (Lipinski definition) is 2. The van der Waals surface area contributed by atoms with Crippen molar-refractivity contribution in [1.82, 2.24) is 0 Å². The molecule has 3 heteroatoms. The van der Waals surface area contributed by atoms with E-state index >= 15 is 0 Å². The summed E-state index contributed by atoms with van der Waals surface area (Å²) in [5.41, 5.74) is 9.15. The van der Waals surface area contributed by atoms with Crippen molar-refractivity contribution in [2.45, 2.75) is 46.6 Å². The second-order valence-corrected chi connectivity index (χ2v) is 7.61. The minimum absolute atomic E-state index is 0.0403. The molecule has 0 aromatic heterocycles. The lowest BCUT2D eigenvalue weighted by Gasteiger charge is -2.30. The highest BCUT2D eigenvalue weighted by atomic mass is 79.9. The Morgan fingerprint density at radius 3 is 2.68 bits per heavy atom. The average Bonchev–Trinajstić information content (AvgIpc) is 2.74. The largest absolute Gasteiger partial charge is 0.493 e. The summed E-state index contributed by atoms with van der Waals surface area (Å²) in [5, 5.41) is 0. The molecule has 0 aliphatic carbocycles. The van der Waals surface area contributed by atoms with Crippen LogP contribution in [-0.4, -0.2) is 6.61 Å². The molecule has 1 aromatic rings. The number of halogens is 1. The lowest BCUT2D eigenvalue weighted by molar-refractivity contribution is 0.232. The Morgan fingerprint density at radius 2 is 2.05 bits per heavy atom. The maximum atomic E-state index is 6.43. The Balaban J connectivity index is 2.22. The van der Waals surface area contributed by atoms with E-state index in [2.05, 4.69) is 55.8 Å². The molecule has 106 valence electrons. The van der Waals surface area contributed by atoms with Gasteiger partial charge in [0.1, 0.15) is 5.75 Å². The lowest BCUT2D eigenvalue weighted by Crippen LogP contribution is -2.23. The Hall–Kier alpha value is -0.540. The third-order valence-corrected chi connectivity index (χ3v) is 4.72. The van der Waals surface area contributed by atoms with Crippen LogP contribution in [0.3, 0.4) is 0 Å². The molecule has 0 radical (unpaired) electrons. The summed E-state index contributed by atoms with van der Waals surface area (Å²) >= 11 is 3.58. The molecule has 1 aliphatic rings. The fraction of sp³-hybridized carbons (Fsp3) is 0.625. The maximum absolute atomic E-state index is 6.43. The molecule has 2 unspecified atom stereocenters. The summed E-state index contributed by atoms with van der Waals surface area (Å²) in [6, 6.07) is 4.30. The van der Waals surface area contributed by atoms with E-state index in [1.165, 1.54) is 5.56 Å². The number of hydrogen-bond donors (Lipinski definition) is 1. The van der Waals surface area contributed by atoms with Gasteiger partial charge >= 0.3 is 0 Å². The Labute approximate surface area is 124 Å². The zero-order valence-corrected chi connectivity index (χ0v) is 13.9. The molecule has 0 saturated heterocycles. The highest BCUT2D eigenvalue weighted by Crippen LogP contribution is 2.39. The molecule has 1 aliphatic heterocycles. The van der Waals surface area contributed by atoms with Crippen molar-refractivity contribution in [2.75, 3.05) is 6.61 Å². The zero-order chi connectivity index (χ0) is 14.2. The second kappa shape index (κ2) is 5.45. The van der Waals surface area contributed by atoms with Gasteiger partial charge in [0.05, 0.1) is 6.61 Å². The molecule has 0 amide bonds. The molecular formula is C16H24BrNO. The van der Waals surface area contributed by atoms with Crippen molar-refractivity contribution >= 4 is 15.9 Å². The SMILES string of the molecule is CC(CC(N)c1cc(Br)cc2c1OCC2)C(C)(C)C. The van der Waals surface area contributed by atoms with Crippen LogP contribution in [0.5, 0.6) is 5.75 Å². The minimum atomic E-state index is 0.0403. The number of benzene rings is 1. The van der Waals surface area contributed by atoms with Crippen molar-refractivity contribution in [3.8, 4) is 5.75 Å². The fourth-order valence-electron chi connectivity index (χ4n) is 2.43. The van der Waals surface area contributed by atoms with Crippen LogP contribution in [0.1, 0.15) is 51.3 Å². The Morgan fingerprint density at radius 1 is 1.37 bits per heavy atom. The predicted octanol–water partition coefficient (Wildman–Crippen LogP) is 4.46. The molecule has 1 heterocycles. The van der Waals surface area contributed by atoms with Crippen LogP contribution in [0.4, 0.5) is 0 Å². The first-order valence-corrected chi connectivity index (χ1v) is 7.79. The molecular weight excluding hydrogens is 302 g/mol. The summed E-state index contributed by atoms with van der Waals surface area (Å²) in [6.45, 7) is 9.87. The molecule has 1 aromatic carbocycles. The van der Waals surface area contributed by atoms with Crippen molar-refractivity contribution < 1.29 is 4.74 Å². The monoisotopic (exact) mass is 325 g/mol. The molecule has 0 saturated carbocycles. The first kappa shape index (κ1) is 14.9. The highest BCUT2D eigenvalue weighted by Gasteiger charge is 2.26.